The van der Waals surface area contributed by atoms with Crippen molar-refractivity contribution in [2.75, 3.05) is 11.9 Å². The summed E-state index contributed by atoms with van der Waals surface area (Å²) in [5.41, 5.74) is 8.52. The molecule has 0 spiro atoms. The maximum Gasteiger partial charge on any atom is 0.146 e. The first-order chi connectivity index (χ1) is 8.59. The van der Waals surface area contributed by atoms with Gasteiger partial charge in [0, 0.05) is 19.6 Å². The van der Waals surface area contributed by atoms with Crippen LogP contribution in [0.5, 0.6) is 0 Å². The largest absolute Gasteiger partial charge is 0.368 e. The summed E-state index contributed by atoms with van der Waals surface area (Å²) in [5.74, 6) is -0.220. The predicted octanol–water partition coefficient (Wildman–Crippen LogP) is 3.54. The minimum absolute atomic E-state index is 0.180. The van der Waals surface area contributed by atoms with Crippen molar-refractivity contribution in [3.63, 3.8) is 0 Å². The van der Waals surface area contributed by atoms with Crippen molar-refractivity contribution < 1.29 is 4.39 Å². The van der Waals surface area contributed by atoms with E-state index in [4.69, 9.17) is 5.73 Å². The Balaban J connectivity index is 2.31. The van der Waals surface area contributed by atoms with Gasteiger partial charge in [-0.15, -0.1) is 0 Å². The van der Waals surface area contributed by atoms with Crippen LogP contribution in [0.2, 0.25) is 0 Å². The van der Waals surface area contributed by atoms with Gasteiger partial charge in [-0.2, -0.15) is 11.3 Å². The van der Waals surface area contributed by atoms with Gasteiger partial charge in [-0.3, -0.25) is 0 Å². The fourth-order valence-corrected chi connectivity index (χ4v) is 2.70. The monoisotopic (exact) mass is 264 g/mol. The van der Waals surface area contributed by atoms with E-state index < -0.39 is 0 Å². The number of rotatable bonds is 4. The molecule has 18 heavy (non-hydrogen) atoms. The molecule has 0 saturated heterocycles. The zero-order valence-electron chi connectivity index (χ0n) is 10.6. The van der Waals surface area contributed by atoms with Crippen LogP contribution in [0.25, 0.3) is 0 Å². The summed E-state index contributed by atoms with van der Waals surface area (Å²) in [6.07, 6.45) is 0. The molecule has 1 aromatic heterocycles. The molecular weight excluding hydrogens is 247 g/mol. The second-order valence-corrected chi connectivity index (χ2v) is 5.23. The molecule has 96 valence electrons. The molecule has 2 aromatic rings. The zero-order valence-corrected chi connectivity index (χ0v) is 11.4. The number of para-hydroxylation sites is 1. The van der Waals surface area contributed by atoms with Crippen molar-refractivity contribution in [1.29, 1.82) is 0 Å². The van der Waals surface area contributed by atoms with Gasteiger partial charge in [-0.1, -0.05) is 12.1 Å². The fourth-order valence-electron chi connectivity index (χ4n) is 2.04. The number of thiophene rings is 1. The number of hydrogen-bond donors (Lipinski definition) is 1. The van der Waals surface area contributed by atoms with Gasteiger partial charge >= 0.3 is 0 Å². The van der Waals surface area contributed by atoms with E-state index in [1.807, 2.05) is 36.4 Å². The molecule has 0 aliphatic rings. The van der Waals surface area contributed by atoms with Crippen LogP contribution in [0.15, 0.2) is 35.0 Å². The Labute approximate surface area is 111 Å². The third-order valence-corrected chi connectivity index (χ3v) is 3.62. The molecule has 0 amide bonds. The van der Waals surface area contributed by atoms with Gasteiger partial charge < -0.3 is 10.6 Å². The van der Waals surface area contributed by atoms with Crippen molar-refractivity contribution in [1.82, 2.24) is 0 Å². The third kappa shape index (κ3) is 2.71. The summed E-state index contributed by atoms with van der Waals surface area (Å²) in [6.45, 7) is 2.56. The first-order valence-corrected chi connectivity index (χ1v) is 6.80. The molecule has 1 heterocycles. The zero-order chi connectivity index (χ0) is 13.1. The molecule has 0 bridgehead atoms. The number of benzene rings is 1. The average molecular weight is 264 g/mol. The normalized spacial score (nSPS) is 12.4. The molecule has 1 atom stereocenters. The van der Waals surface area contributed by atoms with E-state index in [0.29, 0.717) is 12.2 Å². The fraction of sp³-hybridized carbons (Fsp3) is 0.286. The lowest BCUT2D eigenvalue weighted by Gasteiger charge is -2.24. The van der Waals surface area contributed by atoms with Gasteiger partial charge in [-0.05, 0) is 40.9 Å². The van der Waals surface area contributed by atoms with Crippen molar-refractivity contribution in [3.05, 3.63) is 52.0 Å². The molecule has 0 saturated carbocycles. The van der Waals surface area contributed by atoms with Crippen molar-refractivity contribution in [3.8, 4) is 0 Å². The Morgan fingerprint density at radius 1 is 1.39 bits per heavy atom. The average Bonchev–Trinajstić information content (AvgIpc) is 2.81. The Morgan fingerprint density at radius 3 is 2.78 bits per heavy atom. The lowest BCUT2D eigenvalue weighted by Crippen LogP contribution is -2.21. The standard InChI is InChI=1S/C14H17FN2S/c1-10(16)12-4-3-5-13(15)14(12)17(2)8-11-6-7-18-9-11/h3-7,9-10H,8,16H2,1-2H3/t10-/m0/s1. The minimum Gasteiger partial charge on any atom is -0.368 e. The highest BCUT2D eigenvalue weighted by atomic mass is 32.1. The number of halogens is 1. The number of hydrogen-bond acceptors (Lipinski definition) is 3. The van der Waals surface area contributed by atoms with Crippen LogP contribution in [0.4, 0.5) is 10.1 Å². The van der Waals surface area contributed by atoms with Crippen LogP contribution < -0.4 is 10.6 Å². The molecule has 2 rings (SSSR count). The van der Waals surface area contributed by atoms with Crippen LogP contribution >= 0.6 is 11.3 Å². The van der Waals surface area contributed by atoms with Gasteiger partial charge in [0.2, 0.25) is 0 Å². The lowest BCUT2D eigenvalue weighted by atomic mass is 10.1. The molecule has 0 unspecified atom stereocenters. The molecule has 0 aliphatic heterocycles. The number of nitrogens with two attached hydrogens (primary N) is 1. The molecule has 1 aromatic carbocycles. The number of anilines is 1. The summed E-state index contributed by atoms with van der Waals surface area (Å²) in [4.78, 5) is 1.91. The van der Waals surface area contributed by atoms with Crippen LogP contribution in [0.3, 0.4) is 0 Å². The summed E-state index contributed by atoms with van der Waals surface area (Å²) in [7, 11) is 1.89. The van der Waals surface area contributed by atoms with Gasteiger partial charge in [0.15, 0.2) is 0 Å². The summed E-state index contributed by atoms with van der Waals surface area (Å²) in [6, 6.07) is 6.93. The second kappa shape index (κ2) is 5.50. The van der Waals surface area contributed by atoms with Crippen LogP contribution in [0.1, 0.15) is 24.1 Å². The van der Waals surface area contributed by atoms with Crippen molar-refractivity contribution >= 4 is 17.0 Å². The maximum absolute atomic E-state index is 14.0. The van der Waals surface area contributed by atoms with E-state index >= 15 is 0 Å². The molecule has 0 fully saturated rings. The highest BCUT2D eigenvalue weighted by Crippen LogP contribution is 2.28. The second-order valence-electron chi connectivity index (χ2n) is 4.45. The summed E-state index contributed by atoms with van der Waals surface area (Å²) >= 11 is 1.65. The van der Waals surface area contributed by atoms with Crippen LogP contribution in [-0.4, -0.2) is 7.05 Å². The lowest BCUT2D eigenvalue weighted by molar-refractivity contribution is 0.616. The van der Waals surface area contributed by atoms with E-state index in [9.17, 15) is 4.39 Å². The van der Waals surface area contributed by atoms with Gasteiger partial charge in [0.25, 0.3) is 0 Å². The van der Waals surface area contributed by atoms with Crippen molar-refractivity contribution in [2.24, 2.45) is 5.73 Å². The highest BCUT2D eigenvalue weighted by molar-refractivity contribution is 7.07. The summed E-state index contributed by atoms with van der Waals surface area (Å²) < 4.78 is 14.0. The molecule has 0 radical (unpaired) electrons. The topological polar surface area (TPSA) is 29.3 Å². The van der Waals surface area contributed by atoms with Gasteiger partial charge in [0.1, 0.15) is 5.82 Å². The number of nitrogens with zero attached hydrogens (tertiary/aromatic N) is 1. The minimum atomic E-state index is -0.220. The highest BCUT2D eigenvalue weighted by Gasteiger charge is 2.15. The van der Waals surface area contributed by atoms with Gasteiger partial charge in [0.05, 0.1) is 5.69 Å². The van der Waals surface area contributed by atoms with E-state index in [2.05, 4.69) is 5.38 Å². The van der Waals surface area contributed by atoms with Crippen LogP contribution in [0, 0.1) is 5.82 Å². The first-order valence-electron chi connectivity index (χ1n) is 5.86. The molecule has 4 heteroatoms. The smallest absolute Gasteiger partial charge is 0.146 e. The predicted molar refractivity (Wildman–Crippen MR) is 75.4 cm³/mol. The quantitative estimate of drug-likeness (QED) is 0.915. The van der Waals surface area contributed by atoms with E-state index in [0.717, 1.165) is 5.56 Å². The van der Waals surface area contributed by atoms with E-state index in [1.54, 1.807) is 17.4 Å². The maximum atomic E-state index is 14.0. The van der Waals surface area contributed by atoms with E-state index in [-0.39, 0.29) is 11.9 Å². The first kappa shape index (κ1) is 13.1. The molecular formula is C14H17FN2S. The van der Waals surface area contributed by atoms with E-state index in [1.165, 1.54) is 11.6 Å². The molecule has 2 N–H and O–H groups in total. The Kier molecular flexibility index (Phi) is 3.99. The van der Waals surface area contributed by atoms with Crippen molar-refractivity contribution in [2.45, 2.75) is 19.5 Å². The molecule has 0 aliphatic carbocycles. The SMILES string of the molecule is C[C@H](N)c1cccc(F)c1N(C)Cc1ccsc1. The third-order valence-electron chi connectivity index (χ3n) is 2.89. The summed E-state index contributed by atoms with van der Waals surface area (Å²) in [5, 5.41) is 4.10. The van der Waals surface area contributed by atoms with Crippen LogP contribution in [-0.2, 0) is 6.54 Å². The van der Waals surface area contributed by atoms with Gasteiger partial charge in [-0.25, -0.2) is 4.39 Å². The Hall–Kier alpha value is -1.39. The molecule has 2 nitrogen and oxygen atoms in total. The Morgan fingerprint density at radius 2 is 2.17 bits per heavy atom. The Bertz CT molecular complexity index is 509.